The normalized spacial score (nSPS) is 18.2. The number of hydrogen-bond acceptors (Lipinski definition) is 5. The van der Waals surface area contributed by atoms with Gasteiger partial charge in [-0.15, -0.1) is 0 Å². The molecule has 1 aliphatic rings. The zero-order chi connectivity index (χ0) is 16.5. The van der Waals surface area contributed by atoms with Gasteiger partial charge in [0.05, 0.1) is 12.5 Å². The first-order valence-electron chi connectivity index (χ1n) is 6.71. The van der Waals surface area contributed by atoms with E-state index < -0.39 is 23.5 Å². The van der Waals surface area contributed by atoms with E-state index in [4.69, 9.17) is 25.8 Å². The van der Waals surface area contributed by atoms with E-state index >= 15 is 0 Å². The van der Waals surface area contributed by atoms with Gasteiger partial charge in [0.2, 0.25) is 0 Å². The summed E-state index contributed by atoms with van der Waals surface area (Å²) in [5, 5.41) is 0.565. The molecule has 0 radical (unpaired) electrons. The number of hydrogen-bond donors (Lipinski definition) is 0. The van der Waals surface area contributed by atoms with Crippen LogP contribution >= 0.6 is 11.6 Å². The van der Waals surface area contributed by atoms with Crippen molar-refractivity contribution in [3.8, 4) is 0 Å². The highest BCUT2D eigenvalue weighted by Crippen LogP contribution is 2.37. The van der Waals surface area contributed by atoms with E-state index in [9.17, 15) is 9.59 Å². The molecule has 0 amide bonds. The second-order valence-corrected chi connectivity index (χ2v) is 6.31. The second kappa shape index (κ2) is 6.01. The molecule has 0 N–H and O–H groups in total. The first kappa shape index (κ1) is 16.4. The van der Waals surface area contributed by atoms with Crippen LogP contribution < -0.4 is 0 Å². The summed E-state index contributed by atoms with van der Waals surface area (Å²) in [4.78, 5) is 24.0. The van der Waals surface area contributed by atoms with Crippen molar-refractivity contribution in [3.05, 3.63) is 46.4 Å². The van der Waals surface area contributed by atoms with Gasteiger partial charge < -0.3 is 14.2 Å². The Labute approximate surface area is 133 Å². The van der Waals surface area contributed by atoms with E-state index in [1.165, 1.54) is 7.11 Å². The van der Waals surface area contributed by atoms with Crippen molar-refractivity contribution in [1.29, 1.82) is 0 Å². The summed E-state index contributed by atoms with van der Waals surface area (Å²) >= 11 is 5.84. The van der Waals surface area contributed by atoms with Crippen molar-refractivity contribution in [1.82, 2.24) is 0 Å². The SMILES string of the molecule is COC1=C(OC(=O)C(C)(C)C)C(=O)O[C@@H]1c1ccc(Cl)cc1. The van der Waals surface area contributed by atoms with Crippen LogP contribution in [0.2, 0.25) is 5.02 Å². The molecule has 5 nitrogen and oxygen atoms in total. The Morgan fingerprint density at radius 1 is 1.23 bits per heavy atom. The maximum Gasteiger partial charge on any atom is 0.379 e. The predicted molar refractivity (Wildman–Crippen MR) is 79.9 cm³/mol. The largest absolute Gasteiger partial charge is 0.493 e. The van der Waals surface area contributed by atoms with Gasteiger partial charge in [0.1, 0.15) is 0 Å². The van der Waals surface area contributed by atoms with Gasteiger partial charge in [-0.25, -0.2) is 4.79 Å². The Morgan fingerprint density at radius 3 is 2.32 bits per heavy atom. The van der Waals surface area contributed by atoms with Crippen molar-refractivity contribution in [2.75, 3.05) is 7.11 Å². The number of methoxy groups -OCH3 is 1. The highest BCUT2D eigenvalue weighted by molar-refractivity contribution is 6.30. The van der Waals surface area contributed by atoms with Crippen LogP contribution in [0.4, 0.5) is 0 Å². The van der Waals surface area contributed by atoms with Gasteiger partial charge in [0.25, 0.3) is 5.76 Å². The van der Waals surface area contributed by atoms with Crippen LogP contribution in [-0.2, 0) is 23.8 Å². The van der Waals surface area contributed by atoms with Crippen molar-refractivity contribution in [3.63, 3.8) is 0 Å². The summed E-state index contributed by atoms with van der Waals surface area (Å²) in [6, 6.07) is 6.79. The molecule has 2 rings (SSSR count). The van der Waals surface area contributed by atoms with Gasteiger partial charge in [-0.3, -0.25) is 4.79 Å². The molecule has 1 aliphatic heterocycles. The van der Waals surface area contributed by atoms with Crippen molar-refractivity contribution < 1.29 is 23.8 Å². The van der Waals surface area contributed by atoms with Crippen LogP contribution in [0, 0.1) is 5.41 Å². The minimum absolute atomic E-state index is 0.171. The molecule has 22 heavy (non-hydrogen) atoms. The average molecular weight is 325 g/mol. The first-order valence-corrected chi connectivity index (χ1v) is 7.08. The maximum absolute atomic E-state index is 12.0. The molecular formula is C16H17ClO5. The zero-order valence-corrected chi connectivity index (χ0v) is 13.6. The molecule has 0 spiro atoms. The average Bonchev–Trinajstić information content (AvgIpc) is 2.75. The van der Waals surface area contributed by atoms with Gasteiger partial charge >= 0.3 is 11.9 Å². The van der Waals surface area contributed by atoms with Crippen molar-refractivity contribution >= 4 is 23.5 Å². The van der Waals surface area contributed by atoms with Crippen LogP contribution in [0.3, 0.4) is 0 Å². The molecule has 0 bridgehead atoms. The number of esters is 2. The quantitative estimate of drug-likeness (QED) is 0.798. The third-order valence-corrected chi connectivity index (χ3v) is 3.32. The highest BCUT2D eigenvalue weighted by Gasteiger charge is 2.41. The van der Waals surface area contributed by atoms with Gasteiger partial charge in [0.15, 0.2) is 11.9 Å². The molecule has 0 aromatic heterocycles. The number of carbonyl (C=O) groups is 2. The molecule has 1 aromatic rings. The van der Waals surface area contributed by atoms with E-state index in [0.717, 1.165) is 0 Å². The van der Waals surface area contributed by atoms with Crippen LogP contribution in [0.25, 0.3) is 0 Å². The lowest BCUT2D eigenvalue weighted by molar-refractivity contribution is -0.155. The molecule has 0 fully saturated rings. The lowest BCUT2D eigenvalue weighted by Gasteiger charge is -2.16. The van der Waals surface area contributed by atoms with Gasteiger partial charge in [-0.2, -0.15) is 0 Å². The van der Waals surface area contributed by atoms with E-state index in [0.29, 0.717) is 10.6 Å². The summed E-state index contributed by atoms with van der Waals surface area (Å²) < 4.78 is 15.7. The van der Waals surface area contributed by atoms with Gasteiger partial charge in [-0.1, -0.05) is 23.7 Å². The number of rotatable bonds is 3. The lowest BCUT2D eigenvalue weighted by Crippen LogP contribution is -2.24. The van der Waals surface area contributed by atoms with Crippen molar-refractivity contribution in [2.45, 2.75) is 26.9 Å². The molecule has 0 saturated carbocycles. The van der Waals surface area contributed by atoms with Crippen LogP contribution in [-0.4, -0.2) is 19.0 Å². The van der Waals surface area contributed by atoms with Crippen LogP contribution in [0.5, 0.6) is 0 Å². The predicted octanol–water partition coefficient (Wildman–Crippen LogP) is 3.39. The highest BCUT2D eigenvalue weighted by atomic mass is 35.5. The van der Waals surface area contributed by atoms with E-state index in [1.807, 2.05) is 0 Å². The van der Waals surface area contributed by atoms with Crippen molar-refractivity contribution in [2.24, 2.45) is 5.41 Å². The Morgan fingerprint density at radius 2 is 1.82 bits per heavy atom. The van der Waals surface area contributed by atoms with Gasteiger partial charge in [-0.05, 0) is 32.9 Å². The number of carbonyl (C=O) groups excluding carboxylic acids is 2. The Bertz CT molecular complexity index is 625. The second-order valence-electron chi connectivity index (χ2n) is 5.87. The fourth-order valence-electron chi connectivity index (χ4n) is 1.83. The van der Waals surface area contributed by atoms with Crippen LogP contribution in [0.1, 0.15) is 32.4 Å². The molecule has 0 saturated heterocycles. The molecule has 6 heteroatoms. The van der Waals surface area contributed by atoms with Crippen LogP contribution in [0.15, 0.2) is 35.8 Å². The Hall–Kier alpha value is -2.01. The van der Waals surface area contributed by atoms with E-state index in [-0.39, 0.29) is 11.5 Å². The standard InChI is InChI=1S/C16H17ClO5/c1-16(2,3)15(19)22-13-12(20-4)11(21-14(13)18)9-5-7-10(17)8-6-9/h5-8,11H,1-4H3/t11-/m1/s1. The molecule has 1 atom stereocenters. The molecule has 1 aromatic carbocycles. The topological polar surface area (TPSA) is 61.8 Å². The lowest BCUT2D eigenvalue weighted by atomic mass is 9.97. The molecule has 0 aliphatic carbocycles. The Balaban J connectivity index is 2.34. The minimum Gasteiger partial charge on any atom is -0.493 e. The van der Waals surface area contributed by atoms with E-state index in [1.54, 1.807) is 45.0 Å². The number of ether oxygens (including phenoxy) is 3. The fourth-order valence-corrected chi connectivity index (χ4v) is 1.95. The first-order chi connectivity index (χ1) is 10.2. The number of halogens is 1. The van der Waals surface area contributed by atoms with E-state index in [2.05, 4.69) is 0 Å². The molecule has 0 unspecified atom stereocenters. The summed E-state index contributed by atoms with van der Waals surface area (Å²) in [6.45, 7) is 5.08. The third kappa shape index (κ3) is 3.25. The summed E-state index contributed by atoms with van der Waals surface area (Å²) in [7, 11) is 1.39. The third-order valence-electron chi connectivity index (χ3n) is 3.07. The summed E-state index contributed by atoms with van der Waals surface area (Å²) in [5.74, 6) is -1.30. The maximum atomic E-state index is 12.0. The smallest absolute Gasteiger partial charge is 0.379 e. The fraction of sp³-hybridized carbons (Fsp3) is 0.375. The summed E-state index contributed by atoms with van der Waals surface area (Å²) in [5.41, 5.74) is -0.0683. The zero-order valence-electron chi connectivity index (χ0n) is 12.8. The molecule has 1 heterocycles. The van der Waals surface area contributed by atoms with Gasteiger partial charge in [0, 0.05) is 10.6 Å². The monoisotopic (exact) mass is 324 g/mol. The summed E-state index contributed by atoms with van der Waals surface area (Å²) in [6.07, 6.45) is -0.752. The minimum atomic E-state index is -0.752. The molecule has 118 valence electrons. The number of cyclic esters (lactones) is 1. The molecular weight excluding hydrogens is 308 g/mol. The Kier molecular flexibility index (Phi) is 4.47. The number of benzene rings is 1.